The van der Waals surface area contributed by atoms with E-state index in [1.54, 1.807) is 0 Å². The van der Waals surface area contributed by atoms with Gasteiger partial charge in [0.2, 0.25) is 0 Å². The maximum absolute atomic E-state index is 9.48. The first kappa shape index (κ1) is 11.1. The standard InChI is InChI=1S/C8H16N4O2/c1-12(2)5-7-10-8(14-11-7)6(13)3-4-9/h6,13H,3-5,9H2,1-2H3. The van der Waals surface area contributed by atoms with Crippen molar-refractivity contribution >= 4 is 0 Å². The van der Waals surface area contributed by atoms with Gasteiger partial charge in [-0.3, -0.25) is 0 Å². The molecule has 0 fully saturated rings. The molecule has 0 aliphatic rings. The van der Waals surface area contributed by atoms with E-state index < -0.39 is 6.10 Å². The van der Waals surface area contributed by atoms with Gasteiger partial charge in [0.25, 0.3) is 5.89 Å². The molecule has 0 amide bonds. The fourth-order valence-corrected chi connectivity index (χ4v) is 1.03. The number of aliphatic hydroxyl groups is 1. The summed E-state index contributed by atoms with van der Waals surface area (Å²) >= 11 is 0. The van der Waals surface area contributed by atoms with Gasteiger partial charge in [-0.1, -0.05) is 5.16 Å². The Kier molecular flexibility index (Phi) is 3.99. The Labute approximate surface area is 82.7 Å². The quantitative estimate of drug-likeness (QED) is 0.667. The van der Waals surface area contributed by atoms with Crippen molar-refractivity contribution in [3.63, 3.8) is 0 Å². The molecule has 1 unspecified atom stereocenters. The molecule has 0 saturated heterocycles. The lowest BCUT2D eigenvalue weighted by molar-refractivity contribution is 0.127. The molecule has 0 saturated carbocycles. The molecule has 0 spiro atoms. The first-order chi connectivity index (χ1) is 6.63. The molecule has 1 aromatic rings. The third kappa shape index (κ3) is 3.06. The number of hydrogen-bond acceptors (Lipinski definition) is 6. The van der Waals surface area contributed by atoms with Crippen LogP contribution >= 0.6 is 0 Å². The van der Waals surface area contributed by atoms with E-state index in [1.807, 2.05) is 19.0 Å². The predicted molar refractivity (Wildman–Crippen MR) is 50.3 cm³/mol. The summed E-state index contributed by atoms with van der Waals surface area (Å²) in [5.74, 6) is 0.813. The lowest BCUT2D eigenvalue weighted by Gasteiger charge is -2.04. The van der Waals surface area contributed by atoms with E-state index in [9.17, 15) is 5.11 Å². The van der Waals surface area contributed by atoms with Crippen molar-refractivity contribution in [1.29, 1.82) is 0 Å². The normalized spacial score (nSPS) is 13.5. The molecular weight excluding hydrogens is 184 g/mol. The molecule has 1 atom stereocenters. The molecule has 0 aliphatic carbocycles. The highest BCUT2D eigenvalue weighted by Crippen LogP contribution is 2.13. The Morgan fingerprint density at radius 1 is 1.57 bits per heavy atom. The third-order valence-corrected chi connectivity index (χ3v) is 1.67. The van der Waals surface area contributed by atoms with Crippen LogP contribution in [0, 0.1) is 0 Å². The Hall–Kier alpha value is -0.980. The molecule has 6 heteroatoms. The van der Waals surface area contributed by atoms with Gasteiger partial charge in [0, 0.05) is 0 Å². The molecule has 1 aromatic heterocycles. The van der Waals surface area contributed by atoms with E-state index in [1.165, 1.54) is 0 Å². The van der Waals surface area contributed by atoms with E-state index in [4.69, 9.17) is 10.3 Å². The van der Waals surface area contributed by atoms with Crippen molar-refractivity contribution in [3.05, 3.63) is 11.7 Å². The van der Waals surface area contributed by atoms with Crippen LogP contribution in [0.1, 0.15) is 24.2 Å². The minimum atomic E-state index is -0.747. The second-order valence-electron chi connectivity index (χ2n) is 3.38. The Morgan fingerprint density at radius 2 is 2.29 bits per heavy atom. The SMILES string of the molecule is CN(C)Cc1noc(C(O)CCN)n1. The molecular formula is C8H16N4O2. The summed E-state index contributed by atoms with van der Waals surface area (Å²) in [6, 6.07) is 0. The van der Waals surface area contributed by atoms with Crippen LogP contribution in [-0.4, -0.2) is 40.8 Å². The number of hydrogen-bond donors (Lipinski definition) is 2. The van der Waals surface area contributed by atoms with Gasteiger partial charge in [-0.25, -0.2) is 0 Å². The molecule has 0 aromatic carbocycles. The van der Waals surface area contributed by atoms with Crippen LogP contribution in [-0.2, 0) is 6.54 Å². The van der Waals surface area contributed by atoms with Gasteiger partial charge >= 0.3 is 0 Å². The third-order valence-electron chi connectivity index (χ3n) is 1.67. The Balaban J connectivity index is 2.58. The van der Waals surface area contributed by atoms with Crippen LogP contribution in [0.5, 0.6) is 0 Å². The monoisotopic (exact) mass is 200 g/mol. The Bertz CT molecular complexity index is 274. The average molecular weight is 200 g/mol. The first-order valence-corrected chi connectivity index (χ1v) is 4.49. The van der Waals surface area contributed by atoms with Crippen LogP contribution < -0.4 is 5.73 Å². The summed E-state index contributed by atoms with van der Waals surface area (Å²) in [5, 5.41) is 13.2. The molecule has 1 rings (SSSR count). The highest BCUT2D eigenvalue weighted by molar-refractivity contribution is 4.89. The summed E-state index contributed by atoms with van der Waals surface area (Å²) in [6.45, 7) is 0.991. The van der Waals surface area contributed by atoms with Crippen molar-refractivity contribution in [2.75, 3.05) is 20.6 Å². The molecule has 6 nitrogen and oxygen atoms in total. The first-order valence-electron chi connectivity index (χ1n) is 4.49. The van der Waals surface area contributed by atoms with Crippen LogP contribution in [0.4, 0.5) is 0 Å². The molecule has 14 heavy (non-hydrogen) atoms. The molecule has 0 aliphatic heterocycles. The van der Waals surface area contributed by atoms with Crippen molar-refractivity contribution in [3.8, 4) is 0 Å². The minimum Gasteiger partial charge on any atom is -0.383 e. The summed E-state index contributed by atoms with van der Waals surface area (Å²) in [7, 11) is 3.82. The van der Waals surface area contributed by atoms with Crippen LogP contribution in [0.25, 0.3) is 0 Å². The molecule has 3 N–H and O–H groups in total. The number of nitrogens with zero attached hydrogens (tertiary/aromatic N) is 3. The van der Waals surface area contributed by atoms with Crippen molar-refractivity contribution in [2.24, 2.45) is 5.73 Å². The van der Waals surface area contributed by atoms with Gasteiger partial charge in [-0.15, -0.1) is 0 Å². The molecule has 0 radical (unpaired) electrons. The maximum atomic E-state index is 9.48. The fourth-order valence-electron chi connectivity index (χ4n) is 1.03. The zero-order valence-electron chi connectivity index (χ0n) is 8.47. The predicted octanol–water partition coefficient (Wildman–Crippen LogP) is -0.487. The average Bonchev–Trinajstić information content (AvgIpc) is 2.52. The number of nitrogens with two attached hydrogens (primary N) is 1. The van der Waals surface area contributed by atoms with E-state index in [2.05, 4.69) is 10.1 Å². The number of rotatable bonds is 5. The van der Waals surface area contributed by atoms with Gasteiger partial charge in [-0.05, 0) is 27.1 Å². The summed E-state index contributed by atoms with van der Waals surface area (Å²) in [6.07, 6.45) is -0.313. The molecule has 0 bridgehead atoms. The number of aliphatic hydroxyl groups excluding tert-OH is 1. The van der Waals surface area contributed by atoms with E-state index in [0.29, 0.717) is 25.3 Å². The van der Waals surface area contributed by atoms with Gasteiger partial charge in [0.1, 0.15) is 6.10 Å². The summed E-state index contributed by atoms with van der Waals surface area (Å²) < 4.78 is 4.89. The molecule has 80 valence electrons. The topological polar surface area (TPSA) is 88.4 Å². The van der Waals surface area contributed by atoms with E-state index in [0.717, 1.165) is 0 Å². The zero-order valence-corrected chi connectivity index (χ0v) is 8.47. The smallest absolute Gasteiger partial charge is 0.255 e. The van der Waals surface area contributed by atoms with Crippen molar-refractivity contribution in [2.45, 2.75) is 19.1 Å². The molecule has 1 heterocycles. The largest absolute Gasteiger partial charge is 0.383 e. The fraction of sp³-hybridized carbons (Fsp3) is 0.750. The van der Waals surface area contributed by atoms with E-state index in [-0.39, 0.29) is 5.89 Å². The summed E-state index contributed by atoms with van der Waals surface area (Å²) in [4.78, 5) is 5.96. The highest BCUT2D eigenvalue weighted by atomic mass is 16.5. The number of aromatic nitrogens is 2. The van der Waals surface area contributed by atoms with Crippen LogP contribution in [0.15, 0.2) is 4.52 Å². The summed E-state index contributed by atoms with van der Waals surface area (Å²) in [5.41, 5.74) is 5.30. The minimum absolute atomic E-state index is 0.243. The highest BCUT2D eigenvalue weighted by Gasteiger charge is 2.15. The maximum Gasteiger partial charge on any atom is 0.255 e. The zero-order chi connectivity index (χ0) is 10.6. The van der Waals surface area contributed by atoms with Gasteiger partial charge in [-0.2, -0.15) is 4.98 Å². The van der Waals surface area contributed by atoms with E-state index >= 15 is 0 Å². The second kappa shape index (κ2) is 5.04. The van der Waals surface area contributed by atoms with Crippen molar-refractivity contribution in [1.82, 2.24) is 15.0 Å². The van der Waals surface area contributed by atoms with Gasteiger partial charge in [0.05, 0.1) is 6.54 Å². The van der Waals surface area contributed by atoms with Crippen molar-refractivity contribution < 1.29 is 9.63 Å². The lowest BCUT2D eigenvalue weighted by atomic mass is 10.2. The Morgan fingerprint density at radius 3 is 2.86 bits per heavy atom. The van der Waals surface area contributed by atoms with Gasteiger partial charge in [0.15, 0.2) is 5.82 Å². The van der Waals surface area contributed by atoms with Crippen LogP contribution in [0.3, 0.4) is 0 Å². The second-order valence-corrected chi connectivity index (χ2v) is 3.38. The lowest BCUT2D eigenvalue weighted by Crippen LogP contribution is -2.12. The van der Waals surface area contributed by atoms with Gasteiger partial charge < -0.3 is 20.3 Å². The van der Waals surface area contributed by atoms with Crippen LogP contribution in [0.2, 0.25) is 0 Å².